The summed E-state index contributed by atoms with van der Waals surface area (Å²) >= 11 is 0. The average Bonchev–Trinajstić information content (AvgIpc) is 2.96. The zero-order valence-corrected chi connectivity index (χ0v) is 14.2. The molecule has 0 saturated carbocycles. The highest BCUT2D eigenvalue weighted by atomic mass is 16.3. The smallest absolute Gasteiger partial charge is 0.0718 e. The van der Waals surface area contributed by atoms with Gasteiger partial charge in [0.15, 0.2) is 0 Å². The molecule has 0 amide bonds. The molecule has 20 heavy (non-hydrogen) atoms. The summed E-state index contributed by atoms with van der Waals surface area (Å²) in [7, 11) is 0. The second-order valence-electron chi connectivity index (χ2n) is 7.13. The lowest BCUT2D eigenvalue weighted by Crippen LogP contribution is -2.51. The minimum Gasteiger partial charge on any atom is -0.391 e. The van der Waals surface area contributed by atoms with Crippen LogP contribution in [-0.2, 0) is 0 Å². The van der Waals surface area contributed by atoms with Crippen LogP contribution in [0.5, 0.6) is 0 Å². The summed E-state index contributed by atoms with van der Waals surface area (Å²) in [5.74, 6) is 0. The SMILES string of the molecule is CCCCCCCCCCC(O)C(C)(C)N1CCCC1. The van der Waals surface area contributed by atoms with Crippen LogP contribution in [0.1, 0.15) is 91.4 Å². The first-order chi connectivity index (χ1) is 9.59. The Hall–Kier alpha value is -0.0800. The molecular weight excluding hydrogens is 246 g/mol. The minimum atomic E-state index is -0.166. The Bertz CT molecular complexity index is 234. The van der Waals surface area contributed by atoms with Crippen molar-refractivity contribution in [2.24, 2.45) is 0 Å². The molecule has 1 aliphatic rings. The Morgan fingerprint density at radius 1 is 0.900 bits per heavy atom. The van der Waals surface area contributed by atoms with Crippen LogP contribution < -0.4 is 0 Å². The number of likely N-dealkylation sites (tertiary alicyclic amines) is 1. The van der Waals surface area contributed by atoms with E-state index >= 15 is 0 Å². The predicted octanol–water partition coefficient (Wildman–Crippen LogP) is 4.75. The van der Waals surface area contributed by atoms with E-state index in [1.54, 1.807) is 0 Å². The lowest BCUT2D eigenvalue weighted by atomic mass is 9.91. The van der Waals surface area contributed by atoms with Crippen molar-refractivity contribution in [1.82, 2.24) is 4.90 Å². The lowest BCUT2D eigenvalue weighted by Gasteiger charge is -2.39. The molecule has 0 aromatic heterocycles. The van der Waals surface area contributed by atoms with Gasteiger partial charge in [-0.15, -0.1) is 0 Å². The van der Waals surface area contributed by atoms with Gasteiger partial charge in [-0.3, -0.25) is 4.90 Å². The summed E-state index contributed by atoms with van der Waals surface area (Å²) in [5, 5.41) is 10.5. The molecule has 0 aliphatic carbocycles. The van der Waals surface area contributed by atoms with Gasteiger partial charge in [-0.25, -0.2) is 0 Å². The fraction of sp³-hybridized carbons (Fsp3) is 1.00. The molecule has 120 valence electrons. The van der Waals surface area contributed by atoms with Gasteiger partial charge in [0.25, 0.3) is 0 Å². The third-order valence-electron chi connectivity index (χ3n) is 5.07. The number of aliphatic hydroxyl groups is 1. The van der Waals surface area contributed by atoms with E-state index in [4.69, 9.17) is 0 Å². The van der Waals surface area contributed by atoms with E-state index in [1.165, 1.54) is 77.3 Å². The second kappa shape index (κ2) is 9.78. The quantitative estimate of drug-likeness (QED) is 0.553. The van der Waals surface area contributed by atoms with Crippen LogP contribution in [0.15, 0.2) is 0 Å². The molecule has 0 aromatic rings. The maximum Gasteiger partial charge on any atom is 0.0718 e. The summed E-state index contributed by atoms with van der Waals surface area (Å²) in [5.41, 5.74) is -0.0301. The van der Waals surface area contributed by atoms with Crippen LogP contribution in [0, 0.1) is 0 Å². The Morgan fingerprint density at radius 3 is 1.95 bits per heavy atom. The van der Waals surface area contributed by atoms with Crippen molar-refractivity contribution in [2.45, 2.75) is 103 Å². The Morgan fingerprint density at radius 2 is 1.40 bits per heavy atom. The van der Waals surface area contributed by atoms with E-state index < -0.39 is 0 Å². The molecule has 0 aromatic carbocycles. The van der Waals surface area contributed by atoms with Gasteiger partial charge >= 0.3 is 0 Å². The van der Waals surface area contributed by atoms with Crippen LogP contribution in [0.25, 0.3) is 0 Å². The van der Waals surface area contributed by atoms with Crippen molar-refractivity contribution in [2.75, 3.05) is 13.1 Å². The summed E-state index contributed by atoms with van der Waals surface area (Å²) < 4.78 is 0. The first-order valence-electron chi connectivity index (χ1n) is 9.02. The van der Waals surface area contributed by atoms with Crippen LogP contribution in [0.2, 0.25) is 0 Å². The van der Waals surface area contributed by atoms with Gasteiger partial charge in [-0.1, -0.05) is 58.3 Å². The van der Waals surface area contributed by atoms with E-state index in [0.717, 1.165) is 6.42 Å². The fourth-order valence-electron chi connectivity index (χ4n) is 3.33. The standard InChI is InChI=1S/C18H37NO/c1-4-5-6-7-8-9-10-11-14-17(20)18(2,3)19-15-12-13-16-19/h17,20H,4-16H2,1-3H3. The Labute approximate surface area is 126 Å². The highest BCUT2D eigenvalue weighted by Crippen LogP contribution is 2.27. The lowest BCUT2D eigenvalue weighted by molar-refractivity contribution is -0.00323. The largest absolute Gasteiger partial charge is 0.391 e. The maximum absolute atomic E-state index is 10.5. The Kier molecular flexibility index (Phi) is 8.79. The molecule has 1 unspecified atom stereocenters. The summed E-state index contributed by atoms with van der Waals surface area (Å²) in [6, 6.07) is 0. The van der Waals surface area contributed by atoms with Crippen LogP contribution in [0.3, 0.4) is 0 Å². The van der Waals surface area contributed by atoms with Gasteiger partial charge in [0.05, 0.1) is 6.10 Å². The van der Waals surface area contributed by atoms with Crippen molar-refractivity contribution < 1.29 is 5.11 Å². The van der Waals surface area contributed by atoms with Crippen LogP contribution in [-0.4, -0.2) is 34.7 Å². The van der Waals surface area contributed by atoms with E-state index in [-0.39, 0.29) is 11.6 Å². The van der Waals surface area contributed by atoms with Crippen molar-refractivity contribution in [3.05, 3.63) is 0 Å². The van der Waals surface area contributed by atoms with Gasteiger partial charge in [-0.2, -0.15) is 0 Å². The van der Waals surface area contributed by atoms with Gasteiger partial charge < -0.3 is 5.11 Å². The maximum atomic E-state index is 10.5. The van der Waals surface area contributed by atoms with Gasteiger partial charge in [-0.05, 0) is 46.2 Å². The Balaban J connectivity index is 2.05. The van der Waals surface area contributed by atoms with Crippen LogP contribution in [0.4, 0.5) is 0 Å². The van der Waals surface area contributed by atoms with E-state index in [0.29, 0.717) is 0 Å². The molecule has 1 heterocycles. The molecule has 1 atom stereocenters. The zero-order valence-electron chi connectivity index (χ0n) is 14.2. The van der Waals surface area contributed by atoms with Gasteiger partial charge in [0, 0.05) is 5.54 Å². The molecule has 0 bridgehead atoms. The first-order valence-corrected chi connectivity index (χ1v) is 9.02. The number of unbranched alkanes of at least 4 members (excludes halogenated alkanes) is 7. The third-order valence-corrected chi connectivity index (χ3v) is 5.07. The second-order valence-corrected chi connectivity index (χ2v) is 7.13. The highest BCUT2D eigenvalue weighted by Gasteiger charge is 2.35. The van der Waals surface area contributed by atoms with Crippen molar-refractivity contribution >= 4 is 0 Å². The minimum absolute atomic E-state index is 0.0301. The molecule has 1 saturated heterocycles. The molecule has 1 aliphatic heterocycles. The number of rotatable bonds is 11. The molecule has 0 radical (unpaired) electrons. The number of hydrogen-bond acceptors (Lipinski definition) is 2. The zero-order chi connectivity index (χ0) is 14.8. The predicted molar refractivity (Wildman–Crippen MR) is 88.1 cm³/mol. The molecule has 1 N–H and O–H groups in total. The fourth-order valence-corrected chi connectivity index (χ4v) is 3.33. The summed E-state index contributed by atoms with van der Waals surface area (Å²) in [6.45, 7) is 9.04. The number of hydrogen-bond donors (Lipinski definition) is 1. The highest BCUT2D eigenvalue weighted by molar-refractivity contribution is 4.90. The topological polar surface area (TPSA) is 23.5 Å². The monoisotopic (exact) mass is 283 g/mol. The third kappa shape index (κ3) is 6.13. The number of nitrogens with zero attached hydrogens (tertiary/aromatic N) is 1. The van der Waals surface area contributed by atoms with Gasteiger partial charge in [0.1, 0.15) is 0 Å². The van der Waals surface area contributed by atoms with Crippen molar-refractivity contribution in [3.8, 4) is 0 Å². The summed E-state index contributed by atoms with van der Waals surface area (Å²) in [6.07, 6.45) is 14.1. The normalized spacial score (nSPS) is 18.6. The molecular formula is C18H37NO. The van der Waals surface area contributed by atoms with E-state index in [1.807, 2.05) is 0 Å². The van der Waals surface area contributed by atoms with Gasteiger partial charge in [0.2, 0.25) is 0 Å². The average molecular weight is 284 g/mol. The molecule has 2 heteroatoms. The molecule has 1 rings (SSSR count). The van der Waals surface area contributed by atoms with Crippen LogP contribution >= 0.6 is 0 Å². The molecule has 2 nitrogen and oxygen atoms in total. The molecule has 1 fully saturated rings. The number of aliphatic hydroxyl groups excluding tert-OH is 1. The van der Waals surface area contributed by atoms with Crippen molar-refractivity contribution in [1.29, 1.82) is 0 Å². The van der Waals surface area contributed by atoms with Crippen molar-refractivity contribution in [3.63, 3.8) is 0 Å². The summed E-state index contributed by atoms with van der Waals surface area (Å²) in [4.78, 5) is 2.47. The molecule has 0 spiro atoms. The first kappa shape index (κ1) is 18.0. The van der Waals surface area contributed by atoms with E-state index in [9.17, 15) is 5.11 Å². The van der Waals surface area contributed by atoms with E-state index in [2.05, 4.69) is 25.7 Å².